The lowest BCUT2D eigenvalue weighted by Crippen LogP contribution is -2.27. The van der Waals surface area contributed by atoms with E-state index in [1.165, 1.54) is 0 Å². The van der Waals surface area contributed by atoms with Crippen molar-refractivity contribution in [1.82, 2.24) is 0 Å². The van der Waals surface area contributed by atoms with Crippen LogP contribution in [0.2, 0.25) is 19.1 Å². The first-order valence-corrected chi connectivity index (χ1v) is 7.02. The van der Waals surface area contributed by atoms with Gasteiger partial charge in [-0.25, -0.2) is 8.42 Å². The molecule has 56 valence electrons. The van der Waals surface area contributed by atoms with Gasteiger partial charge >= 0.3 is 0 Å². The molecule has 0 aliphatic rings. The van der Waals surface area contributed by atoms with Crippen LogP contribution in [-0.4, -0.2) is 16.7 Å². The van der Waals surface area contributed by atoms with Crippen LogP contribution in [0, 0.1) is 0 Å². The first-order chi connectivity index (χ1) is 3.98. The van der Waals surface area contributed by atoms with Crippen LogP contribution in [0.3, 0.4) is 0 Å². The van der Waals surface area contributed by atoms with E-state index in [1.807, 2.05) is 20.0 Å². The summed E-state index contributed by atoms with van der Waals surface area (Å²) in [5.74, 6) is 0. The van der Waals surface area contributed by atoms with E-state index >= 15 is 0 Å². The Balaban J connectivity index is 3.86. The highest BCUT2D eigenvalue weighted by molar-refractivity contribution is 7.68. The molecule has 0 fully saturated rings. The zero-order valence-corrected chi connectivity index (χ0v) is 7.77. The second-order valence-corrected chi connectivity index (χ2v) is 7.83. The van der Waals surface area contributed by atoms with Gasteiger partial charge in [0.05, 0.1) is 0 Å². The topological polar surface area (TPSA) is 43.4 Å². The molecule has 3 nitrogen and oxygen atoms in total. The summed E-state index contributed by atoms with van der Waals surface area (Å²) in [5, 5.41) is 0. The molecule has 0 saturated carbocycles. The van der Waals surface area contributed by atoms with E-state index in [4.69, 9.17) is 0 Å². The molecule has 0 unspecified atom stereocenters. The number of hydrogen-bond acceptors (Lipinski definition) is 3. The maximum atomic E-state index is 10.0. The summed E-state index contributed by atoms with van der Waals surface area (Å²) < 4.78 is 24.7. The van der Waals surface area contributed by atoms with Crippen LogP contribution in [0.4, 0.5) is 0 Å². The predicted octanol–water partition coefficient (Wildman–Crippen LogP) is 0.754. The fraction of sp³-hybridized carbons (Fsp3) is 1.00. The molecule has 5 heteroatoms. The molecule has 0 aromatic carbocycles. The Morgan fingerprint density at radius 3 is 2.00 bits per heavy atom. The fourth-order valence-electron chi connectivity index (χ4n) is 0.266. The van der Waals surface area contributed by atoms with Crippen LogP contribution in [0.15, 0.2) is 0 Å². The third-order valence-corrected chi connectivity index (χ3v) is 5.45. The molecule has 9 heavy (non-hydrogen) atoms. The quantitative estimate of drug-likeness (QED) is 0.499. The summed E-state index contributed by atoms with van der Waals surface area (Å²) in [6.07, 6.45) is 0. The van der Waals surface area contributed by atoms with Gasteiger partial charge in [0.15, 0.2) is 0 Å². The van der Waals surface area contributed by atoms with Crippen molar-refractivity contribution >= 4 is 19.3 Å². The smallest absolute Gasteiger partial charge is 0.247 e. The molecule has 0 rings (SSSR count). The first-order valence-electron chi connectivity index (χ1n) is 2.81. The van der Waals surface area contributed by atoms with Crippen molar-refractivity contribution < 1.29 is 12.3 Å². The van der Waals surface area contributed by atoms with E-state index in [0.717, 1.165) is 6.04 Å². The third-order valence-electron chi connectivity index (χ3n) is 1.17. The zero-order chi connectivity index (χ0) is 7.49. The maximum absolute atomic E-state index is 10.0. The number of hydrogen-bond donors (Lipinski definition) is 1. The van der Waals surface area contributed by atoms with Gasteiger partial charge in [-0.2, -0.15) is 0 Å². The Morgan fingerprint density at radius 1 is 1.44 bits per heavy atom. The Labute approximate surface area is 58.3 Å². The fourth-order valence-corrected chi connectivity index (χ4v) is 2.40. The summed E-state index contributed by atoms with van der Waals surface area (Å²) in [4.78, 5) is 0. The lowest BCUT2D eigenvalue weighted by Gasteiger charge is -2.14. The molecule has 0 bridgehead atoms. The number of rotatable bonds is 3. The van der Waals surface area contributed by atoms with Crippen molar-refractivity contribution in [2.45, 2.75) is 26.1 Å². The second kappa shape index (κ2) is 3.33. The summed E-state index contributed by atoms with van der Waals surface area (Å²) in [6, 6.07) is 0.830. The van der Waals surface area contributed by atoms with E-state index in [-0.39, 0.29) is 0 Å². The minimum absolute atomic E-state index is 0.830. The van der Waals surface area contributed by atoms with Crippen LogP contribution in [0.1, 0.15) is 6.92 Å². The van der Waals surface area contributed by atoms with Gasteiger partial charge in [0, 0.05) is 0 Å². The molecule has 0 atom stereocenters. The highest BCUT2D eigenvalue weighted by Crippen LogP contribution is 2.08. The van der Waals surface area contributed by atoms with Gasteiger partial charge in [-0.1, -0.05) is 6.92 Å². The van der Waals surface area contributed by atoms with E-state index in [2.05, 4.69) is 3.87 Å². The minimum atomic E-state index is -2.63. The molecule has 0 saturated heterocycles. The predicted molar refractivity (Wildman–Crippen MR) is 39.4 cm³/mol. The average Bonchev–Trinajstić information content (AvgIpc) is 1.63. The Hall–Kier alpha value is 0.127. The van der Waals surface area contributed by atoms with E-state index in [0.29, 0.717) is 0 Å². The monoisotopic (exact) mass is 168 g/mol. The molecule has 0 spiro atoms. The third kappa shape index (κ3) is 4.62. The molecule has 0 aromatic rings. The van der Waals surface area contributed by atoms with Gasteiger partial charge in [0.25, 0.3) is 0 Å². The Kier molecular flexibility index (Phi) is 3.38. The van der Waals surface area contributed by atoms with Gasteiger partial charge in [-0.15, -0.1) is 0 Å². The van der Waals surface area contributed by atoms with Gasteiger partial charge in [0.1, 0.15) is 0 Å². The molecule has 0 aliphatic carbocycles. The summed E-state index contributed by atoms with van der Waals surface area (Å²) in [6.45, 7) is 5.68. The van der Waals surface area contributed by atoms with Crippen LogP contribution in [0.5, 0.6) is 0 Å². The van der Waals surface area contributed by atoms with E-state index < -0.39 is 19.3 Å². The summed E-state index contributed by atoms with van der Waals surface area (Å²) in [5.41, 5.74) is 0. The van der Waals surface area contributed by atoms with Crippen LogP contribution in [0.25, 0.3) is 0 Å². The van der Waals surface area contributed by atoms with Gasteiger partial charge in [-0.3, -0.25) is 0 Å². The standard InChI is InChI=1S/C4H12O3SSi/c1-4-9(2,3)7-8(5)6/h8H,4H2,1-3H3. The average molecular weight is 168 g/mol. The highest BCUT2D eigenvalue weighted by Gasteiger charge is 2.20. The van der Waals surface area contributed by atoms with E-state index in [1.54, 1.807) is 0 Å². The molecule has 0 heterocycles. The lowest BCUT2D eigenvalue weighted by molar-refractivity contribution is 0.507. The molecule has 0 aromatic heterocycles. The molecular weight excluding hydrogens is 156 g/mol. The highest BCUT2D eigenvalue weighted by atomic mass is 32.2. The normalized spacial score (nSPS) is 12.4. The minimum Gasteiger partial charge on any atom is -0.317 e. The maximum Gasteiger partial charge on any atom is 0.247 e. The van der Waals surface area contributed by atoms with Crippen molar-refractivity contribution in [2.75, 3.05) is 0 Å². The van der Waals surface area contributed by atoms with Gasteiger partial charge in [0.2, 0.25) is 19.3 Å². The zero-order valence-electron chi connectivity index (χ0n) is 5.88. The second-order valence-electron chi connectivity index (χ2n) is 2.43. The lowest BCUT2D eigenvalue weighted by atomic mass is 11.0. The van der Waals surface area contributed by atoms with Crippen LogP contribution >= 0.6 is 0 Å². The first kappa shape index (κ1) is 9.13. The van der Waals surface area contributed by atoms with Crippen LogP contribution in [-0.2, 0) is 14.9 Å². The van der Waals surface area contributed by atoms with Crippen molar-refractivity contribution in [3.63, 3.8) is 0 Å². The summed E-state index contributed by atoms with van der Waals surface area (Å²) >= 11 is 0. The largest absolute Gasteiger partial charge is 0.317 e. The van der Waals surface area contributed by atoms with Crippen molar-refractivity contribution in [2.24, 2.45) is 0 Å². The van der Waals surface area contributed by atoms with Crippen molar-refractivity contribution in [3.05, 3.63) is 0 Å². The Bertz CT molecular complexity index is 144. The number of thiol groups is 1. The van der Waals surface area contributed by atoms with Gasteiger partial charge in [-0.05, 0) is 19.1 Å². The molecule has 0 aliphatic heterocycles. The molecular formula is C4H12O3SSi. The summed E-state index contributed by atoms with van der Waals surface area (Å²) in [7, 11) is -4.47. The van der Waals surface area contributed by atoms with Crippen molar-refractivity contribution in [3.8, 4) is 0 Å². The van der Waals surface area contributed by atoms with E-state index in [9.17, 15) is 8.42 Å². The van der Waals surface area contributed by atoms with Crippen LogP contribution < -0.4 is 0 Å². The van der Waals surface area contributed by atoms with Gasteiger partial charge < -0.3 is 3.87 Å². The Morgan fingerprint density at radius 2 is 1.89 bits per heavy atom. The van der Waals surface area contributed by atoms with Crippen molar-refractivity contribution in [1.29, 1.82) is 0 Å². The molecule has 0 N–H and O–H groups in total. The molecule has 0 amide bonds. The molecule has 0 radical (unpaired) electrons. The SMILES string of the molecule is CC[Si](C)(C)O[SH](=O)=O.